The Morgan fingerprint density at radius 3 is 3.00 bits per heavy atom. The van der Waals surface area contributed by atoms with Gasteiger partial charge in [-0.1, -0.05) is 6.92 Å². The number of hydrogen-bond acceptors (Lipinski definition) is 5. The predicted octanol–water partition coefficient (Wildman–Crippen LogP) is 2.17. The molecule has 1 aliphatic rings. The van der Waals surface area contributed by atoms with Gasteiger partial charge < -0.3 is 10.6 Å². The Labute approximate surface area is 111 Å². The van der Waals surface area contributed by atoms with Crippen LogP contribution in [0.5, 0.6) is 0 Å². The number of aryl methyl sites for hydroxylation is 1. The Kier molecular flexibility index (Phi) is 2.95. The molecule has 3 heterocycles. The molecule has 1 saturated heterocycles. The van der Waals surface area contributed by atoms with Crippen LogP contribution in [0, 0.1) is 12.8 Å². The van der Waals surface area contributed by atoms with E-state index in [0.717, 1.165) is 30.2 Å². The zero-order valence-corrected chi connectivity index (χ0v) is 11.6. The van der Waals surface area contributed by atoms with E-state index < -0.39 is 0 Å². The first-order valence-electron chi connectivity index (χ1n) is 6.35. The summed E-state index contributed by atoms with van der Waals surface area (Å²) in [6, 6.07) is 2.43. The van der Waals surface area contributed by atoms with Gasteiger partial charge in [0.15, 0.2) is 0 Å². The molecule has 1 fully saturated rings. The van der Waals surface area contributed by atoms with Crippen molar-refractivity contribution in [3.05, 3.63) is 17.3 Å². The van der Waals surface area contributed by atoms with Crippen molar-refractivity contribution in [2.75, 3.05) is 18.0 Å². The minimum Gasteiger partial charge on any atom is -0.354 e. The Hall–Kier alpha value is -1.20. The van der Waals surface area contributed by atoms with Gasteiger partial charge in [-0.2, -0.15) is 0 Å². The van der Waals surface area contributed by atoms with E-state index in [0.29, 0.717) is 5.92 Å². The topological polar surface area (TPSA) is 55.0 Å². The maximum absolute atomic E-state index is 6.12. The van der Waals surface area contributed by atoms with Crippen molar-refractivity contribution in [1.82, 2.24) is 9.97 Å². The smallest absolute Gasteiger partial charge is 0.140 e. The van der Waals surface area contributed by atoms with E-state index in [-0.39, 0.29) is 6.04 Å². The Balaban J connectivity index is 2.02. The van der Waals surface area contributed by atoms with Crippen LogP contribution >= 0.6 is 11.3 Å². The fourth-order valence-electron chi connectivity index (χ4n) is 2.79. The van der Waals surface area contributed by atoms with E-state index in [2.05, 4.69) is 34.8 Å². The molecular weight excluding hydrogens is 244 g/mol. The number of piperidine rings is 1. The molecule has 4 nitrogen and oxygen atoms in total. The largest absolute Gasteiger partial charge is 0.354 e. The van der Waals surface area contributed by atoms with Crippen LogP contribution in [-0.4, -0.2) is 29.1 Å². The fraction of sp³-hybridized carbons (Fsp3) is 0.538. The van der Waals surface area contributed by atoms with Crippen LogP contribution in [0.25, 0.3) is 10.2 Å². The quantitative estimate of drug-likeness (QED) is 0.856. The van der Waals surface area contributed by atoms with Gasteiger partial charge in [0.2, 0.25) is 0 Å². The number of aromatic nitrogens is 2. The third kappa shape index (κ3) is 2.08. The first-order chi connectivity index (χ1) is 8.63. The molecule has 0 saturated carbocycles. The molecular formula is C13H18N4S. The van der Waals surface area contributed by atoms with Crippen molar-refractivity contribution in [1.29, 1.82) is 0 Å². The van der Waals surface area contributed by atoms with Gasteiger partial charge >= 0.3 is 0 Å². The molecule has 2 N–H and O–H groups in total. The second kappa shape index (κ2) is 4.48. The number of rotatable bonds is 1. The average molecular weight is 262 g/mol. The lowest BCUT2D eigenvalue weighted by molar-refractivity contribution is 0.400. The summed E-state index contributed by atoms with van der Waals surface area (Å²) in [6.45, 7) is 6.30. The Morgan fingerprint density at radius 1 is 1.39 bits per heavy atom. The molecule has 96 valence electrons. The zero-order valence-electron chi connectivity index (χ0n) is 10.8. The van der Waals surface area contributed by atoms with E-state index >= 15 is 0 Å². The highest BCUT2D eigenvalue weighted by molar-refractivity contribution is 7.18. The van der Waals surface area contributed by atoms with Crippen LogP contribution in [0.4, 0.5) is 5.82 Å². The number of nitrogens with two attached hydrogens (primary N) is 1. The molecule has 5 heteroatoms. The second-order valence-electron chi connectivity index (χ2n) is 5.28. The van der Waals surface area contributed by atoms with Gasteiger partial charge in [0.1, 0.15) is 17.0 Å². The summed E-state index contributed by atoms with van der Waals surface area (Å²) in [5.41, 5.74) is 6.12. The highest BCUT2D eigenvalue weighted by atomic mass is 32.1. The molecule has 2 unspecified atom stereocenters. The summed E-state index contributed by atoms with van der Waals surface area (Å²) < 4.78 is 0. The third-order valence-corrected chi connectivity index (χ3v) is 4.38. The second-order valence-corrected chi connectivity index (χ2v) is 6.51. The summed E-state index contributed by atoms with van der Waals surface area (Å²) in [5, 5.41) is 1.17. The molecule has 2 aromatic heterocycles. The van der Waals surface area contributed by atoms with Crippen molar-refractivity contribution >= 4 is 27.4 Å². The number of thiophene rings is 1. The number of hydrogen-bond donors (Lipinski definition) is 1. The third-order valence-electron chi connectivity index (χ3n) is 3.42. The first-order valence-corrected chi connectivity index (χ1v) is 7.17. The molecule has 0 radical (unpaired) electrons. The van der Waals surface area contributed by atoms with Crippen LogP contribution in [0.1, 0.15) is 18.2 Å². The summed E-state index contributed by atoms with van der Waals surface area (Å²) in [5.74, 6) is 1.67. The minimum atomic E-state index is 0.249. The van der Waals surface area contributed by atoms with Crippen molar-refractivity contribution in [2.24, 2.45) is 11.7 Å². The maximum Gasteiger partial charge on any atom is 0.140 e. The van der Waals surface area contributed by atoms with E-state index in [4.69, 9.17) is 5.73 Å². The minimum absolute atomic E-state index is 0.249. The molecule has 18 heavy (non-hydrogen) atoms. The average Bonchev–Trinajstić information content (AvgIpc) is 2.67. The molecule has 0 bridgehead atoms. The van der Waals surface area contributed by atoms with E-state index in [9.17, 15) is 0 Å². The molecule has 0 aromatic carbocycles. The highest BCUT2D eigenvalue weighted by Gasteiger charge is 2.24. The fourth-order valence-corrected chi connectivity index (χ4v) is 3.63. The van der Waals surface area contributed by atoms with E-state index in [1.54, 1.807) is 17.7 Å². The Morgan fingerprint density at radius 2 is 2.22 bits per heavy atom. The molecule has 1 aliphatic heterocycles. The standard InChI is InChI=1S/C13H18N4S/c1-8-3-10(14)6-17(5-8)12-11-4-9(2)18-13(11)16-7-15-12/h4,7-8,10H,3,5-6,14H2,1-2H3. The van der Waals surface area contributed by atoms with Gasteiger partial charge in [-0.15, -0.1) is 11.3 Å². The van der Waals surface area contributed by atoms with Crippen molar-refractivity contribution < 1.29 is 0 Å². The van der Waals surface area contributed by atoms with Crippen molar-refractivity contribution in [2.45, 2.75) is 26.3 Å². The maximum atomic E-state index is 6.12. The van der Waals surface area contributed by atoms with Crippen LogP contribution in [-0.2, 0) is 0 Å². The lowest BCUT2D eigenvalue weighted by Crippen LogP contribution is -2.46. The van der Waals surface area contributed by atoms with E-state index in [1.165, 1.54) is 10.3 Å². The summed E-state index contributed by atoms with van der Waals surface area (Å²) in [4.78, 5) is 13.5. The number of nitrogens with zero attached hydrogens (tertiary/aromatic N) is 3. The first kappa shape index (κ1) is 11.9. The number of fused-ring (bicyclic) bond motifs is 1. The monoisotopic (exact) mass is 262 g/mol. The summed E-state index contributed by atoms with van der Waals surface area (Å²) in [6.07, 6.45) is 2.77. The normalized spacial score (nSPS) is 24.7. The van der Waals surface area contributed by atoms with Gasteiger partial charge in [0.05, 0.1) is 5.39 Å². The molecule has 3 rings (SSSR count). The van der Waals surface area contributed by atoms with Gasteiger partial charge in [-0.3, -0.25) is 0 Å². The summed E-state index contributed by atoms with van der Waals surface area (Å²) in [7, 11) is 0. The van der Waals surface area contributed by atoms with Crippen LogP contribution in [0.3, 0.4) is 0 Å². The zero-order chi connectivity index (χ0) is 12.7. The lowest BCUT2D eigenvalue weighted by atomic mass is 9.96. The van der Waals surface area contributed by atoms with Gasteiger partial charge in [-0.25, -0.2) is 9.97 Å². The number of anilines is 1. The molecule has 0 spiro atoms. The molecule has 2 aromatic rings. The van der Waals surface area contributed by atoms with Gasteiger partial charge in [0, 0.05) is 24.0 Å². The predicted molar refractivity (Wildman–Crippen MR) is 76.1 cm³/mol. The van der Waals surface area contributed by atoms with E-state index in [1.807, 2.05) is 0 Å². The lowest BCUT2D eigenvalue weighted by Gasteiger charge is -2.35. The molecule has 0 aliphatic carbocycles. The SMILES string of the molecule is Cc1cc2c(N3CC(C)CC(N)C3)ncnc2s1. The summed E-state index contributed by atoms with van der Waals surface area (Å²) >= 11 is 1.72. The highest BCUT2D eigenvalue weighted by Crippen LogP contribution is 2.31. The van der Waals surface area contributed by atoms with Gasteiger partial charge in [0.25, 0.3) is 0 Å². The van der Waals surface area contributed by atoms with Gasteiger partial charge in [-0.05, 0) is 25.3 Å². The molecule has 2 atom stereocenters. The van der Waals surface area contributed by atoms with Crippen LogP contribution < -0.4 is 10.6 Å². The van der Waals surface area contributed by atoms with Crippen molar-refractivity contribution in [3.63, 3.8) is 0 Å². The van der Waals surface area contributed by atoms with Crippen LogP contribution in [0.2, 0.25) is 0 Å². The van der Waals surface area contributed by atoms with Crippen LogP contribution in [0.15, 0.2) is 12.4 Å². The Bertz CT molecular complexity index is 555. The van der Waals surface area contributed by atoms with Crippen molar-refractivity contribution in [3.8, 4) is 0 Å². The molecule has 0 amide bonds.